The van der Waals surface area contributed by atoms with Crippen LogP contribution in [0.25, 0.3) is 10.8 Å². The topological polar surface area (TPSA) is 9.72 Å². The number of hydrogen-bond donors (Lipinski definition) is 0. The van der Waals surface area contributed by atoms with E-state index in [0.717, 1.165) is 28.4 Å². The van der Waals surface area contributed by atoms with Gasteiger partial charge in [-0.05, 0) is 132 Å². The summed E-state index contributed by atoms with van der Waals surface area (Å²) in [6.07, 6.45) is 0. The molecule has 0 unspecified atom stereocenters. The minimum Gasteiger partial charge on any atom is -0.311 e. The lowest BCUT2D eigenvalue weighted by molar-refractivity contribution is 0.590. The van der Waals surface area contributed by atoms with Gasteiger partial charge in [-0.15, -0.1) is 0 Å². The molecule has 330 valence electrons. The second-order valence-corrected chi connectivity index (χ2v) is 22.8. The summed E-state index contributed by atoms with van der Waals surface area (Å²) in [5.74, 6) is 0. The molecule has 10 rings (SSSR count). The lowest BCUT2D eigenvalue weighted by Crippen LogP contribution is -2.61. The lowest BCUT2D eigenvalue weighted by Gasteiger charge is -2.45. The first-order valence-electron chi connectivity index (χ1n) is 23.9. The maximum atomic E-state index is 2.58. The molecule has 2 aliphatic heterocycles. The highest BCUT2D eigenvalue weighted by Gasteiger charge is 2.45. The zero-order chi connectivity index (χ0) is 46.5. The van der Waals surface area contributed by atoms with Gasteiger partial charge >= 0.3 is 0 Å². The third kappa shape index (κ3) is 7.49. The van der Waals surface area contributed by atoms with Crippen LogP contribution in [0.1, 0.15) is 105 Å². The molecule has 8 aromatic carbocycles. The van der Waals surface area contributed by atoms with Crippen molar-refractivity contribution in [3.63, 3.8) is 0 Å². The number of anilines is 9. The van der Waals surface area contributed by atoms with E-state index in [-0.39, 0.29) is 28.4 Å². The van der Waals surface area contributed by atoms with Gasteiger partial charge in [0.15, 0.2) is 0 Å². The first-order valence-corrected chi connectivity index (χ1v) is 23.9. The average Bonchev–Trinajstić information content (AvgIpc) is 3.28. The number of hydrogen-bond acceptors (Lipinski definition) is 3. The third-order valence-corrected chi connectivity index (χ3v) is 14.1. The minimum atomic E-state index is -0.0509. The summed E-state index contributed by atoms with van der Waals surface area (Å²) in [6.45, 7) is 27.8. The Hall–Kier alpha value is -6.52. The highest BCUT2D eigenvalue weighted by molar-refractivity contribution is 7.00. The predicted molar refractivity (Wildman–Crippen MR) is 287 cm³/mol. The number of nitrogens with zero attached hydrogens (tertiary/aromatic N) is 3. The van der Waals surface area contributed by atoms with Gasteiger partial charge in [0.2, 0.25) is 0 Å². The molecule has 0 saturated heterocycles. The first-order chi connectivity index (χ1) is 31.3. The molecule has 0 spiro atoms. The van der Waals surface area contributed by atoms with E-state index < -0.39 is 0 Å². The summed E-state index contributed by atoms with van der Waals surface area (Å²) < 4.78 is 0. The van der Waals surface area contributed by atoms with Crippen LogP contribution in [-0.2, 0) is 21.7 Å². The van der Waals surface area contributed by atoms with E-state index in [4.69, 9.17) is 0 Å². The molecule has 2 heterocycles. The van der Waals surface area contributed by atoms with Gasteiger partial charge in [0.1, 0.15) is 0 Å². The second-order valence-electron chi connectivity index (χ2n) is 22.8. The predicted octanol–water partition coefficient (Wildman–Crippen LogP) is 15.6. The van der Waals surface area contributed by atoms with E-state index in [9.17, 15) is 0 Å². The molecule has 0 N–H and O–H groups in total. The fraction of sp³-hybridized carbons (Fsp3) is 0.258. The Balaban J connectivity index is 1.36. The summed E-state index contributed by atoms with van der Waals surface area (Å²) in [7, 11) is 0. The van der Waals surface area contributed by atoms with Crippen molar-refractivity contribution in [1.82, 2.24) is 0 Å². The Morgan fingerprint density at radius 2 is 0.788 bits per heavy atom. The molecule has 0 atom stereocenters. The molecule has 3 nitrogen and oxygen atoms in total. The molecule has 4 heteroatoms. The molecule has 66 heavy (non-hydrogen) atoms. The van der Waals surface area contributed by atoms with Crippen molar-refractivity contribution in [2.45, 2.75) is 105 Å². The maximum absolute atomic E-state index is 2.58. The van der Waals surface area contributed by atoms with Crippen molar-refractivity contribution < 1.29 is 0 Å². The molecule has 8 aromatic rings. The quantitative estimate of drug-likeness (QED) is 0.160. The van der Waals surface area contributed by atoms with Crippen LogP contribution >= 0.6 is 0 Å². The van der Waals surface area contributed by atoms with E-state index in [1.54, 1.807) is 0 Å². The van der Waals surface area contributed by atoms with Gasteiger partial charge in [0.25, 0.3) is 6.71 Å². The van der Waals surface area contributed by atoms with Crippen molar-refractivity contribution >= 4 is 85.1 Å². The lowest BCUT2D eigenvalue weighted by atomic mass is 9.33. The van der Waals surface area contributed by atoms with E-state index >= 15 is 0 Å². The molecule has 0 saturated carbocycles. The zero-order valence-corrected chi connectivity index (χ0v) is 41.1. The standard InChI is InChI=1S/C62H64BN3/c1-59(2,3)42-25-31-47(32-26-42)65-54-37-44(61(7,8)9)29-35-51(54)63-52-36-30-45(62(10,11)12)38-55(52)66(48-33-27-43(28-34-48)60(4,5)6)57-40-49(39-56(65)58(57)63)64(46-21-14-13-15-22-46)53-24-18-20-41-19-16-17-23-50(41)53/h13-40H,1-12H3. The van der Waals surface area contributed by atoms with Crippen LogP contribution in [0.4, 0.5) is 51.2 Å². The first kappa shape index (κ1) is 43.4. The normalized spacial score (nSPS) is 13.7. The molecule has 0 amide bonds. The summed E-state index contributed by atoms with van der Waals surface area (Å²) >= 11 is 0. The molecule has 0 aromatic heterocycles. The summed E-state index contributed by atoms with van der Waals surface area (Å²) in [6, 6.07) is 64.8. The number of benzene rings is 8. The van der Waals surface area contributed by atoms with Gasteiger partial charge in [0.05, 0.1) is 11.4 Å². The van der Waals surface area contributed by atoms with Crippen LogP contribution in [-0.4, -0.2) is 6.71 Å². The monoisotopic (exact) mass is 862 g/mol. The van der Waals surface area contributed by atoms with Crippen LogP contribution in [0.5, 0.6) is 0 Å². The van der Waals surface area contributed by atoms with Crippen molar-refractivity contribution in [3.8, 4) is 0 Å². The Morgan fingerprint density at radius 3 is 1.26 bits per heavy atom. The molecule has 0 aliphatic carbocycles. The Bertz CT molecular complexity index is 2970. The van der Waals surface area contributed by atoms with E-state index in [2.05, 4.69) is 268 Å². The number of fused-ring (bicyclic) bond motifs is 5. The van der Waals surface area contributed by atoms with Crippen LogP contribution in [0, 0.1) is 0 Å². The molecule has 0 bridgehead atoms. The van der Waals surface area contributed by atoms with Crippen LogP contribution in [0.3, 0.4) is 0 Å². The van der Waals surface area contributed by atoms with E-state index in [1.807, 2.05) is 0 Å². The highest BCUT2D eigenvalue weighted by Crippen LogP contribution is 2.50. The van der Waals surface area contributed by atoms with Gasteiger partial charge in [0, 0.05) is 45.2 Å². The molecule has 2 aliphatic rings. The zero-order valence-electron chi connectivity index (χ0n) is 41.1. The van der Waals surface area contributed by atoms with Gasteiger partial charge in [-0.2, -0.15) is 0 Å². The SMILES string of the molecule is CC(C)(C)c1ccc(N2c3cc(C(C)(C)C)ccc3B3c4ccc(C(C)(C)C)cc4N(c4ccc(C(C)(C)C)cc4)c4cc(N(c5ccccc5)c5cccc6ccccc56)cc2c43)cc1. The molecular weight excluding hydrogens is 798 g/mol. The molecule has 0 radical (unpaired) electrons. The van der Waals surface area contributed by atoms with E-state index in [0.29, 0.717) is 0 Å². The average molecular weight is 862 g/mol. The van der Waals surface area contributed by atoms with Crippen molar-refractivity contribution in [2.75, 3.05) is 14.7 Å². The van der Waals surface area contributed by atoms with Gasteiger partial charge in [-0.3, -0.25) is 0 Å². The van der Waals surface area contributed by atoms with Gasteiger partial charge < -0.3 is 14.7 Å². The summed E-state index contributed by atoms with van der Waals surface area (Å²) in [5.41, 5.74) is 19.7. The van der Waals surface area contributed by atoms with Crippen molar-refractivity contribution in [1.29, 1.82) is 0 Å². The van der Waals surface area contributed by atoms with Crippen LogP contribution < -0.4 is 31.1 Å². The molecule has 0 fully saturated rings. The summed E-state index contributed by atoms with van der Waals surface area (Å²) in [4.78, 5) is 7.65. The second kappa shape index (κ2) is 15.5. The Morgan fingerprint density at radius 1 is 0.364 bits per heavy atom. The molecular formula is C62H64BN3. The maximum Gasteiger partial charge on any atom is 0.252 e. The number of para-hydroxylation sites is 1. The van der Waals surface area contributed by atoms with Crippen molar-refractivity contribution in [3.05, 3.63) is 192 Å². The Kier molecular flexibility index (Phi) is 10.2. The smallest absolute Gasteiger partial charge is 0.252 e. The fourth-order valence-corrected chi connectivity index (χ4v) is 10.2. The highest BCUT2D eigenvalue weighted by atomic mass is 15.2. The minimum absolute atomic E-state index is 0.00462. The Labute approximate surface area is 394 Å². The summed E-state index contributed by atoms with van der Waals surface area (Å²) in [5, 5.41) is 2.42. The fourth-order valence-electron chi connectivity index (χ4n) is 10.2. The third-order valence-electron chi connectivity index (χ3n) is 14.1. The van der Waals surface area contributed by atoms with Crippen molar-refractivity contribution in [2.24, 2.45) is 0 Å². The van der Waals surface area contributed by atoms with Crippen LogP contribution in [0.15, 0.2) is 170 Å². The van der Waals surface area contributed by atoms with E-state index in [1.165, 1.54) is 72.2 Å². The number of rotatable bonds is 5. The van der Waals surface area contributed by atoms with Gasteiger partial charge in [-0.25, -0.2) is 0 Å². The van der Waals surface area contributed by atoms with Gasteiger partial charge in [-0.1, -0.05) is 186 Å². The van der Waals surface area contributed by atoms with Crippen LogP contribution in [0.2, 0.25) is 0 Å². The largest absolute Gasteiger partial charge is 0.311 e.